The van der Waals surface area contributed by atoms with Crippen molar-refractivity contribution in [3.8, 4) is 0 Å². The molecule has 1 aromatic rings. The summed E-state index contributed by atoms with van der Waals surface area (Å²) in [6.45, 7) is 3.56. The molecular formula is C10H12O2. The van der Waals surface area contributed by atoms with Crippen LogP contribution in [0.25, 0.3) is 0 Å². The van der Waals surface area contributed by atoms with E-state index in [4.69, 9.17) is 9.84 Å². The molecule has 1 heterocycles. The van der Waals surface area contributed by atoms with Gasteiger partial charge < -0.3 is 9.84 Å². The molecule has 1 aliphatic rings. The Bertz CT molecular complexity index is 304. The highest BCUT2D eigenvalue weighted by Crippen LogP contribution is 2.23. The van der Waals surface area contributed by atoms with Crippen molar-refractivity contribution in [3.63, 3.8) is 0 Å². The van der Waals surface area contributed by atoms with Gasteiger partial charge in [-0.3, -0.25) is 0 Å². The lowest BCUT2D eigenvalue weighted by molar-refractivity contribution is 0.134. The number of hydrogen-bond acceptors (Lipinski definition) is 2. The van der Waals surface area contributed by atoms with Crippen LogP contribution in [-0.2, 0) is 24.6 Å². The SMILES string of the molecule is Cc1cc2c(cc1CO)COC2. The van der Waals surface area contributed by atoms with E-state index in [-0.39, 0.29) is 6.61 Å². The summed E-state index contributed by atoms with van der Waals surface area (Å²) in [7, 11) is 0. The van der Waals surface area contributed by atoms with Gasteiger partial charge in [-0.15, -0.1) is 0 Å². The summed E-state index contributed by atoms with van der Waals surface area (Å²) in [5, 5.41) is 9.01. The van der Waals surface area contributed by atoms with Crippen molar-refractivity contribution >= 4 is 0 Å². The first-order chi connectivity index (χ1) is 5.81. The van der Waals surface area contributed by atoms with E-state index < -0.39 is 0 Å². The number of fused-ring (bicyclic) bond motifs is 1. The third-order valence-corrected chi connectivity index (χ3v) is 2.34. The van der Waals surface area contributed by atoms with Crippen LogP contribution in [0, 0.1) is 6.92 Å². The average Bonchev–Trinajstić information content (AvgIpc) is 2.49. The molecule has 0 aromatic heterocycles. The Morgan fingerprint density at radius 1 is 1.33 bits per heavy atom. The van der Waals surface area contributed by atoms with Crippen LogP contribution in [-0.4, -0.2) is 5.11 Å². The van der Waals surface area contributed by atoms with Gasteiger partial charge in [0.25, 0.3) is 0 Å². The van der Waals surface area contributed by atoms with Gasteiger partial charge in [-0.1, -0.05) is 12.1 Å². The van der Waals surface area contributed by atoms with E-state index in [0.29, 0.717) is 6.61 Å². The summed E-state index contributed by atoms with van der Waals surface area (Å²) in [4.78, 5) is 0. The average molecular weight is 164 g/mol. The second-order valence-electron chi connectivity index (χ2n) is 3.20. The molecule has 0 fully saturated rings. The number of rotatable bonds is 1. The van der Waals surface area contributed by atoms with E-state index in [1.165, 1.54) is 11.1 Å². The molecule has 2 nitrogen and oxygen atoms in total. The van der Waals surface area contributed by atoms with E-state index >= 15 is 0 Å². The lowest BCUT2D eigenvalue weighted by atomic mass is 10.0. The third kappa shape index (κ3) is 1.13. The summed E-state index contributed by atoms with van der Waals surface area (Å²) >= 11 is 0. The fourth-order valence-corrected chi connectivity index (χ4v) is 1.57. The van der Waals surface area contributed by atoms with Gasteiger partial charge in [0.15, 0.2) is 0 Å². The molecule has 0 saturated heterocycles. The number of aliphatic hydroxyl groups is 1. The topological polar surface area (TPSA) is 29.5 Å². The zero-order chi connectivity index (χ0) is 8.55. The predicted octanol–water partition coefficient (Wildman–Crippen LogP) is 1.52. The molecule has 1 aliphatic heterocycles. The third-order valence-electron chi connectivity index (χ3n) is 2.34. The Kier molecular flexibility index (Phi) is 1.87. The van der Waals surface area contributed by atoms with E-state index in [2.05, 4.69) is 6.07 Å². The minimum Gasteiger partial charge on any atom is -0.392 e. The fourth-order valence-electron chi connectivity index (χ4n) is 1.57. The van der Waals surface area contributed by atoms with E-state index in [1.54, 1.807) is 0 Å². The first-order valence-electron chi connectivity index (χ1n) is 4.11. The molecule has 0 amide bonds. The highest BCUT2D eigenvalue weighted by molar-refractivity contribution is 5.38. The predicted molar refractivity (Wildman–Crippen MR) is 45.6 cm³/mol. The van der Waals surface area contributed by atoms with Crippen LogP contribution in [0.15, 0.2) is 12.1 Å². The Labute approximate surface area is 71.8 Å². The summed E-state index contributed by atoms with van der Waals surface area (Å²) in [6.07, 6.45) is 0. The number of ether oxygens (including phenoxy) is 1. The number of benzene rings is 1. The molecule has 0 saturated carbocycles. The van der Waals surface area contributed by atoms with Crippen LogP contribution in [0.3, 0.4) is 0 Å². The first kappa shape index (κ1) is 7.77. The lowest BCUT2D eigenvalue weighted by Gasteiger charge is -2.04. The van der Waals surface area contributed by atoms with Crippen LogP contribution in [0.4, 0.5) is 0 Å². The second-order valence-corrected chi connectivity index (χ2v) is 3.20. The molecule has 0 spiro atoms. The minimum atomic E-state index is 0.124. The summed E-state index contributed by atoms with van der Waals surface area (Å²) < 4.78 is 5.29. The summed E-state index contributed by atoms with van der Waals surface area (Å²) in [6, 6.07) is 4.14. The second kappa shape index (κ2) is 2.88. The van der Waals surface area contributed by atoms with Crippen molar-refractivity contribution in [1.29, 1.82) is 0 Å². The van der Waals surface area contributed by atoms with E-state index in [1.807, 2.05) is 13.0 Å². The zero-order valence-electron chi connectivity index (χ0n) is 7.13. The fraction of sp³-hybridized carbons (Fsp3) is 0.400. The lowest BCUT2D eigenvalue weighted by Crippen LogP contribution is -1.92. The van der Waals surface area contributed by atoms with Crippen molar-refractivity contribution in [2.45, 2.75) is 26.7 Å². The first-order valence-corrected chi connectivity index (χ1v) is 4.11. The van der Waals surface area contributed by atoms with Gasteiger partial charge in [0.1, 0.15) is 0 Å². The van der Waals surface area contributed by atoms with Gasteiger partial charge in [-0.2, -0.15) is 0 Å². The molecule has 0 aliphatic carbocycles. The summed E-state index contributed by atoms with van der Waals surface area (Å²) in [5.41, 5.74) is 4.66. The Morgan fingerprint density at radius 2 is 2.00 bits per heavy atom. The maximum absolute atomic E-state index is 9.01. The molecular weight excluding hydrogens is 152 g/mol. The van der Waals surface area contributed by atoms with Gasteiger partial charge in [-0.25, -0.2) is 0 Å². The molecule has 2 heteroatoms. The van der Waals surface area contributed by atoms with Crippen molar-refractivity contribution in [2.75, 3.05) is 0 Å². The molecule has 0 bridgehead atoms. The summed E-state index contributed by atoms with van der Waals surface area (Å²) in [5.74, 6) is 0. The maximum atomic E-state index is 9.01. The molecule has 2 rings (SSSR count). The van der Waals surface area contributed by atoms with Crippen molar-refractivity contribution in [3.05, 3.63) is 34.4 Å². The number of aryl methyl sites for hydroxylation is 1. The normalized spacial score (nSPS) is 14.8. The monoisotopic (exact) mass is 164 g/mol. The van der Waals surface area contributed by atoms with Crippen molar-refractivity contribution in [1.82, 2.24) is 0 Å². The zero-order valence-corrected chi connectivity index (χ0v) is 7.13. The van der Waals surface area contributed by atoms with Gasteiger partial charge >= 0.3 is 0 Å². The highest BCUT2D eigenvalue weighted by atomic mass is 16.5. The smallest absolute Gasteiger partial charge is 0.0725 e. The van der Waals surface area contributed by atoms with E-state index in [0.717, 1.165) is 17.7 Å². The van der Waals surface area contributed by atoms with Crippen LogP contribution in [0.1, 0.15) is 22.3 Å². The van der Waals surface area contributed by atoms with Crippen LogP contribution in [0.5, 0.6) is 0 Å². The Morgan fingerprint density at radius 3 is 2.67 bits per heavy atom. The van der Waals surface area contributed by atoms with Gasteiger partial charge in [0, 0.05) is 0 Å². The van der Waals surface area contributed by atoms with Gasteiger partial charge in [0.2, 0.25) is 0 Å². The molecule has 0 atom stereocenters. The van der Waals surface area contributed by atoms with Crippen LogP contribution in [0.2, 0.25) is 0 Å². The van der Waals surface area contributed by atoms with Gasteiger partial charge in [0.05, 0.1) is 19.8 Å². The quantitative estimate of drug-likeness (QED) is 0.681. The van der Waals surface area contributed by atoms with E-state index in [9.17, 15) is 0 Å². The number of hydrogen-bond donors (Lipinski definition) is 1. The Hall–Kier alpha value is -0.860. The Balaban J connectivity index is 2.49. The standard InChI is InChI=1S/C10H12O2/c1-7-2-9-5-12-6-10(9)3-8(7)4-11/h2-3,11H,4-6H2,1H3. The van der Waals surface area contributed by atoms with Crippen LogP contribution >= 0.6 is 0 Å². The molecule has 0 unspecified atom stereocenters. The molecule has 12 heavy (non-hydrogen) atoms. The molecule has 64 valence electrons. The largest absolute Gasteiger partial charge is 0.392 e. The molecule has 1 aromatic carbocycles. The highest BCUT2D eigenvalue weighted by Gasteiger charge is 2.12. The maximum Gasteiger partial charge on any atom is 0.0725 e. The van der Waals surface area contributed by atoms with Crippen molar-refractivity contribution in [2.24, 2.45) is 0 Å². The molecule has 0 radical (unpaired) electrons. The minimum absolute atomic E-state index is 0.124. The van der Waals surface area contributed by atoms with Crippen molar-refractivity contribution < 1.29 is 9.84 Å². The number of aliphatic hydroxyl groups excluding tert-OH is 1. The van der Waals surface area contributed by atoms with Gasteiger partial charge in [-0.05, 0) is 29.2 Å². The molecule has 1 N–H and O–H groups in total. The van der Waals surface area contributed by atoms with Crippen LogP contribution < -0.4 is 0 Å².